The molecule has 2 nitrogen and oxygen atoms in total. The van der Waals surface area contributed by atoms with E-state index in [0.717, 1.165) is 16.4 Å². The number of nitrogens with one attached hydrogen (secondary N) is 1. The molecule has 76 valence electrons. The molecule has 0 aliphatic rings. The van der Waals surface area contributed by atoms with Crippen LogP contribution in [-0.2, 0) is 0 Å². The van der Waals surface area contributed by atoms with Crippen molar-refractivity contribution >= 4 is 23.0 Å². The van der Waals surface area contributed by atoms with E-state index in [1.807, 2.05) is 31.2 Å². The van der Waals surface area contributed by atoms with Gasteiger partial charge in [0.05, 0.1) is 5.69 Å². The van der Waals surface area contributed by atoms with Crippen LogP contribution >= 0.6 is 11.6 Å². The normalized spacial score (nSPS) is 11.9. The Morgan fingerprint density at radius 1 is 1.29 bits per heavy atom. The molecule has 1 N–H and O–H groups in total. The van der Waals surface area contributed by atoms with Crippen molar-refractivity contribution in [3.63, 3.8) is 0 Å². The quantitative estimate of drug-likeness (QED) is 0.596. The zero-order chi connectivity index (χ0) is 10.6. The van der Waals surface area contributed by atoms with Gasteiger partial charge in [-0.15, -0.1) is 0 Å². The van der Waals surface area contributed by atoms with Crippen LogP contribution in [0.15, 0.2) is 29.4 Å². The van der Waals surface area contributed by atoms with Crippen LogP contribution in [0.5, 0.6) is 0 Å². The smallest absolute Gasteiger partial charge is 0.0562 e. The highest BCUT2D eigenvalue weighted by Gasteiger charge is 1.97. The molecule has 0 radical (unpaired) electrons. The fourth-order valence-electron chi connectivity index (χ4n) is 0.806. The zero-order valence-electron chi connectivity index (χ0n) is 8.71. The van der Waals surface area contributed by atoms with Gasteiger partial charge < -0.3 is 0 Å². The van der Waals surface area contributed by atoms with Crippen molar-refractivity contribution in [2.24, 2.45) is 11.0 Å². The first-order chi connectivity index (χ1) is 6.59. The molecule has 0 aromatic heterocycles. The van der Waals surface area contributed by atoms with Crippen molar-refractivity contribution in [3.05, 3.63) is 29.3 Å². The molecule has 0 bridgehead atoms. The second kappa shape index (κ2) is 5.01. The van der Waals surface area contributed by atoms with Gasteiger partial charge in [-0.05, 0) is 37.1 Å². The number of rotatable bonds is 3. The van der Waals surface area contributed by atoms with E-state index in [4.69, 9.17) is 11.6 Å². The Kier molecular flexibility index (Phi) is 3.96. The molecule has 0 fully saturated rings. The fourth-order valence-corrected chi connectivity index (χ4v) is 0.932. The van der Waals surface area contributed by atoms with E-state index in [2.05, 4.69) is 24.4 Å². The lowest BCUT2D eigenvalue weighted by Crippen LogP contribution is -2.04. The maximum absolute atomic E-state index is 5.76. The summed E-state index contributed by atoms with van der Waals surface area (Å²) >= 11 is 5.76. The van der Waals surface area contributed by atoms with E-state index < -0.39 is 0 Å². The van der Waals surface area contributed by atoms with Gasteiger partial charge in [-0.2, -0.15) is 5.10 Å². The lowest BCUT2D eigenvalue weighted by molar-refractivity contribution is 0.874. The van der Waals surface area contributed by atoms with E-state index in [9.17, 15) is 0 Å². The van der Waals surface area contributed by atoms with Gasteiger partial charge in [-0.3, -0.25) is 5.43 Å². The second-order valence-electron chi connectivity index (χ2n) is 3.53. The van der Waals surface area contributed by atoms with E-state index in [1.54, 1.807) is 0 Å². The van der Waals surface area contributed by atoms with Gasteiger partial charge in [0, 0.05) is 10.7 Å². The average molecular weight is 211 g/mol. The summed E-state index contributed by atoms with van der Waals surface area (Å²) in [7, 11) is 0. The van der Waals surface area contributed by atoms with Gasteiger partial charge >= 0.3 is 0 Å². The number of anilines is 1. The Labute approximate surface area is 90.0 Å². The third kappa shape index (κ3) is 3.38. The molecule has 0 aliphatic carbocycles. The summed E-state index contributed by atoms with van der Waals surface area (Å²) in [5, 5.41) is 4.98. The van der Waals surface area contributed by atoms with Gasteiger partial charge in [0.15, 0.2) is 0 Å². The van der Waals surface area contributed by atoms with Crippen molar-refractivity contribution in [2.75, 3.05) is 5.43 Å². The van der Waals surface area contributed by atoms with Crippen molar-refractivity contribution in [1.82, 2.24) is 0 Å². The molecule has 0 heterocycles. The summed E-state index contributed by atoms with van der Waals surface area (Å²) in [4.78, 5) is 0. The molecule has 1 aromatic rings. The minimum Gasteiger partial charge on any atom is -0.279 e. The lowest BCUT2D eigenvalue weighted by atomic mass is 10.1. The number of hydrogen-bond donors (Lipinski definition) is 1. The van der Waals surface area contributed by atoms with E-state index in [1.165, 1.54) is 0 Å². The Bertz CT molecular complexity index is 315. The molecule has 0 aliphatic heterocycles. The molecule has 3 heteroatoms. The number of benzene rings is 1. The minimum absolute atomic E-state index is 0.467. The highest BCUT2D eigenvalue weighted by molar-refractivity contribution is 6.30. The number of halogens is 1. The van der Waals surface area contributed by atoms with Gasteiger partial charge in [0.2, 0.25) is 0 Å². The standard InChI is InChI=1S/C11H15ClN2/c1-8(2)9(3)13-14-11-6-4-10(12)5-7-11/h4-8,14H,1-3H3. The topological polar surface area (TPSA) is 24.4 Å². The highest BCUT2D eigenvalue weighted by atomic mass is 35.5. The third-order valence-electron chi connectivity index (χ3n) is 2.04. The van der Waals surface area contributed by atoms with Crippen LogP contribution in [0, 0.1) is 5.92 Å². The summed E-state index contributed by atoms with van der Waals surface area (Å²) in [6, 6.07) is 7.48. The largest absolute Gasteiger partial charge is 0.279 e. The second-order valence-corrected chi connectivity index (χ2v) is 3.96. The molecule has 1 aromatic carbocycles. The van der Waals surface area contributed by atoms with Crippen LogP contribution < -0.4 is 5.43 Å². The summed E-state index contributed by atoms with van der Waals surface area (Å²) in [5.41, 5.74) is 5.02. The van der Waals surface area contributed by atoms with E-state index in [0.29, 0.717) is 5.92 Å². The predicted molar refractivity (Wildman–Crippen MR) is 63.0 cm³/mol. The molecule has 0 saturated heterocycles. The SMILES string of the molecule is CC(=NNc1ccc(Cl)cc1)C(C)C. The van der Waals surface area contributed by atoms with Crippen LogP contribution in [0.1, 0.15) is 20.8 Å². The van der Waals surface area contributed by atoms with E-state index in [-0.39, 0.29) is 0 Å². The van der Waals surface area contributed by atoms with E-state index >= 15 is 0 Å². The number of hydrogen-bond acceptors (Lipinski definition) is 2. The molecule has 0 atom stereocenters. The Hall–Kier alpha value is -1.02. The van der Waals surface area contributed by atoms with Crippen molar-refractivity contribution in [1.29, 1.82) is 0 Å². The molecule has 14 heavy (non-hydrogen) atoms. The third-order valence-corrected chi connectivity index (χ3v) is 2.29. The Balaban J connectivity index is 2.62. The van der Waals surface area contributed by atoms with Crippen LogP contribution in [0.25, 0.3) is 0 Å². The molecule has 0 amide bonds. The maximum atomic E-state index is 5.76. The Morgan fingerprint density at radius 3 is 2.36 bits per heavy atom. The minimum atomic E-state index is 0.467. The first-order valence-electron chi connectivity index (χ1n) is 4.65. The molecule has 0 saturated carbocycles. The van der Waals surface area contributed by atoms with Gasteiger partial charge in [0.25, 0.3) is 0 Å². The monoisotopic (exact) mass is 210 g/mol. The molecule has 0 unspecified atom stereocenters. The number of hydrazone groups is 1. The molecular formula is C11H15ClN2. The Morgan fingerprint density at radius 2 is 1.86 bits per heavy atom. The average Bonchev–Trinajstić information content (AvgIpc) is 2.16. The maximum Gasteiger partial charge on any atom is 0.0562 e. The number of nitrogens with zero attached hydrogens (tertiary/aromatic N) is 1. The zero-order valence-corrected chi connectivity index (χ0v) is 9.47. The van der Waals surface area contributed by atoms with Crippen molar-refractivity contribution < 1.29 is 0 Å². The van der Waals surface area contributed by atoms with Gasteiger partial charge in [0.1, 0.15) is 0 Å². The molecular weight excluding hydrogens is 196 g/mol. The summed E-state index contributed by atoms with van der Waals surface area (Å²) < 4.78 is 0. The summed E-state index contributed by atoms with van der Waals surface area (Å²) in [6.45, 7) is 6.23. The van der Waals surface area contributed by atoms with Crippen LogP contribution in [0.2, 0.25) is 5.02 Å². The predicted octanol–water partition coefficient (Wildman–Crippen LogP) is 3.78. The van der Waals surface area contributed by atoms with Crippen LogP contribution in [-0.4, -0.2) is 5.71 Å². The van der Waals surface area contributed by atoms with Crippen molar-refractivity contribution in [3.8, 4) is 0 Å². The van der Waals surface area contributed by atoms with Crippen LogP contribution in [0.4, 0.5) is 5.69 Å². The lowest BCUT2D eigenvalue weighted by Gasteiger charge is -2.05. The first-order valence-corrected chi connectivity index (χ1v) is 5.03. The van der Waals surface area contributed by atoms with Crippen LogP contribution in [0.3, 0.4) is 0 Å². The molecule has 0 spiro atoms. The molecule has 1 rings (SSSR count). The van der Waals surface area contributed by atoms with Gasteiger partial charge in [-0.25, -0.2) is 0 Å². The summed E-state index contributed by atoms with van der Waals surface area (Å²) in [6.07, 6.45) is 0. The fraction of sp³-hybridized carbons (Fsp3) is 0.364. The first kappa shape index (κ1) is 11.1. The summed E-state index contributed by atoms with van der Waals surface area (Å²) in [5.74, 6) is 0.467. The highest BCUT2D eigenvalue weighted by Crippen LogP contribution is 2.13. The van der Waals surface area contributed by atoms with Gasteiger partial charge in [-0.1, -0.05) is 25.4 Å². The van der Waals surface area contributed by atoms with Crippen molar-refractivity contribution in [2.45, 2.75) is 20.8 Å².